The third kappa shape index (κ3) is 15.9. The molecule has 6 atom stereocenters. The first-order valence-electron chi connectivity index (χ1n) is 33.1. The number of carbonyl (C=O) groups is 5. The maximum absolute atomic E-state index is 16.8. The van der Waals surface area contributed by atoms with E-state index in [9.17, 15) is 50.9 Å². The standard InChI is InChI=1S/C35H40FN7O5.C31H33FN6O3.2C2HF3O2.FH/c1-34(2,3)48-33(46)43-21-11-12-35(43,31(37)45)19-42(17-21)30-26-16-38-28(25-15-23(44)14-20-8-5-6-10-24(20)25)27(36)29(26)39-32(40-30)47-18-22-9-7-13-41(22)4;1-37-10-4-6-20(37)16-41-30-35-27-24(28(36-30)38-15-18-8-9-31(13-18,17-38)29(33)40)14-34-26(25(27)32)23-12-21(39)11-19-5-2-3-7-22(19)23;2*3-2(4,5)1(6)7;/h5-6,8,10,14-16,21-22,44H,7,9,11-13,17-19H2,1-4H3,(H2,37,45);2-3,5,7,11-12,14,18,20,39H,4,6,8-10,13,15-17H2,1H3,(H2,33,40);2*(H,6,7);1H/t21?,22-,35?;18?,20-,31?;;;/m00.../s1. The second kappa shape index (κ2) is 29.8. The molecule has 556 valence electrons. The average Bonchev–Trinajstić information content (AvgIpc) is 1.50. The summed E-state index contributed by atoms with van der Waals surface area (Å²) in [7, 11) is 4.10. The van der Waals surface area contributed by atoms with Gasteiger partial charge >= 0.3 is 42.4 Å². The molecule has 14 rings (SSSR count). The van der Waals surface area contributed by atoms with Gasteiger partial charge in [-0.2, -0.15) is 46.3 Å². The van der Waals surface area contributed by atoms with Crippen molar-refractivity contribution in [3.05, 3.63) is 96.8 Å². The molecule has 25 nitrogen and oxygen atoms in total. The lowest BCUT2D eigenvalue weighted by Crippen LogP contribution is -2.69. The van der Waals surface area contributed by atoms with E-state index in [0.29, 0.717) is 90.5 Å². The summed E-state index contributed by atoms with van der Waals surface area (Å²) in [6.07, 6.45) is -0.249. The molecule has 8 N–H and O–H groups in total. The number of hydrogen-bond donors (Lipinski definition) is 6. The molecule has 8 aromatic rings. The van der Waals surface area contributed by atoms with E-state index in [-0.39, 0.29) is 75.2 Å². The highest BCUT2D eigenvalue weighted by Gasteiger charge is 2.59. The van der Waals surface area contributed by atoms with Gasteiger partial charge in [-0.15, -0.1) is 0 Å². The van der Waals surface area contributed by atoms with Gasteiger partial charge in [-0.05, 0) is 157 Å². The molecule has 6 fully saturated rings. The Morgan fingerprint density at radius 3 is 1.47 bits per heavy atom. The van der Waals surface area contributed by atoms with E-state index in [2.05, 4.69) is 36.8 Å². The number of amides is 3. The highest BCUT2D eigenvalue weighted by atomic mass is 19.4. The number of halogens is 9. The minimum absolute atomic E-state index is 0. The number of aliphatic carboxylic acids is 2. The Morgan fingerprint density at radius 1 is 0.606 bits per heavy atom. The van der Waals surface area contributed by atoms with Crippen molar-refractivity contribution in [1.29, 1.82) is 0 Å². The third-order valence-corrected chi connectivity index (χ3v) is 19.6. The minimum Gasteiger partial charge on any atom is -0.508 e. The fourth-order valence-corrected chi connectivity index (χ4v) is 14.6. The van der Waals surface area contributed by atoms with Crippen LogP contribution in [0.2, 0.25) is 0 Å². The van der Waals surface area contributed by atoms with Crippen LogP contribution in [0.15, 0.2) is 85.2 Å². The number of likely N-dealkylation sites (N-methyl/N-ethyl adjacent to an activating group) is 2. The number of carbonyl (C=O) groups excluding carboxylic acids is 3. The number of phenols is 2. The van der Waals surface area contributed by atoms with E-state index in [1.807, 2.05) is 65.4 Å². The Hall–Kier alpha value is -10.4. The molecule has 0 spiro atoms. The summed E-state index contributed by atoms with van der Waals surface area (Å²) < 4.78 is 115. The molecule has 104 heavy (non-hydrogen) atoms. The molecule has 9 heterocycles. The van der Waals surface area contributed by atoms with Crippen molar-refractivity contribution in [1.82, 2.24) is 44.6 Å². The molecule has 5 saturated heterocycles. The number of benzene rings is 4. The first-order valence-corrected chi connectivity index (χ1v) is 33.1. The molecule has 0 radical (unpaired) electrons. The number of phenolic OH excluding ortho intramolecular Hbond substituents is 2. The maximum atomic E-state index is 16.8. The predicted octanol–water partition coefficient (Wildman–Crippen LogP) is 10.3. The van der Waals surface area contributed by atoms with Gasteiger partial charge in [0.2, 0.25) is 11.8 Å². The van der Waals surface area contributed by atoms with Gasteiger partial charge in [-0.25, -0.2) is 23.2 Å². The summed E-state index contributed by atoms with van der Waals surface area (Å²) in [4.78, 5) is 94.5. The number of aromatic hydroxyl groups is 2. The summed E-state index contributed by atoms with van der Waals surface area (Å²) in [5, 5.41) is 38.9. The predicted molar refractivity (Wildman–Crippen MR) is 362 cm³/mol. The number of nitrogens with zero attached hydrogens (tertiary/aromatic N) is 11. The lowest BCUT2D eigenvalue weighted by Gasteiger charge is -2.47. The molecule has 4 aromatic carbocycles. The number of primary amides is 2. The zero-order valence-corrected chi connectivity index (χ0v) is 57.0. The first-order chi connectivity index (χ1) is 48.5. The van der Waals surface area contributed by atoms with Gasteiger partial charge < -0.3 is 65.7 Å². The Morgan fingerprint density at radius 2 is 1.06 bits per heavy atom. The Kier molecular flexibility index (Phi) is 21.8. The van der Waals surface area contributed by atoms with Gasteiger partial charge in [0, 0.05) is 55.2 Å². The van der Waals surface area contributed by atoms with Gasteiger partial charge in [0.05, 0.1) is 28.8 Å². The van der Waals surface area contributed by atoms with E-state index in [1.165, 1.54) is 23.2 Å². The van der Waals surface area contributed by atoms with Crippen LogP contribution in [-0.4, -0.2) is 203 Å². The molecule has 1 saturated carbocycles. The highest BCUT2D eigenvalue weighted by molar-refractivity contribution is 6.02. The van der Waals surface area contributed by atoms with Crippen LogP contribution in [0.1, 0.15) is 78.6 Å². The van der Waals surface area contributed by atoms with Crippen LogP contribution in [0.5, 0.6) is 23.5 Å². The number of fused-ring (bicyclic) bond motifs is 8. The van der Waals surface area contributed by atoms with Gasteiger partial charge in [-0.1, -0.05) is 48.5 Å². The van der Waals surface area contributed by atoms with Crippen molar-refractivity contribution in [2.75, 3.05) is 76.4 Å². The number of carboxylic acids is 2. The lowest BCUT2D eigenvalue weighted by atomic mass is 9.81. The fraction of sp³-hybridized carbons (Fsp3) is 0.443. The van der Waals surface area contributed by atoms with E-state index in [0.717, 1.165) is 74.2 Å². The van der Waals surface area contributed by atoms with Crippen LogP contribution < -0.4 is 30.7 Å². The second-order valence-corrected chi connectivity index (χ2v) is 27.7. The minimum atomic E-state index is -5.08. The number of aromatic nitrogens is 6. The highest BCUT2D eigenvalue weighted by Crippen LogP contribution is 2.49. The first kappa shape index (κ1) is 76.3. The normalized spacial score (nSPS) is 21.7. The van der Waals surface area contributed by atoms with Crippen LogP contribution in [0.3, 0.4) is 0 Å². The topological polar surface area (TPSA) is 340 Å². The summed E-state index contributed by atoms with van der Waals surface area (Å²) in [5.41, 5.74) is 10.3. The van der Waals surface area contributed by atoms with Crippen LogP contribution in [0.4, 0.5) is 56.3 Å². The summed E-state index contributed by atoms with van der Waals surface area (Å²) in [6.45, 7) is 9.41. The number of likely N-dealkylation sites (tertiary alicyclic amines) is 2. The molecule has 1 aliphatic carbocycles. The molecule has 4 bridgehead atoms. The van der Waals surface area contributed by atoms with Crippen molar-refractivity contribution in [2.24, 2.45) is 22.8 Å². The number of alkyl halides is 6. The number of pyridine rings is 2. The molecular formula is C70H76F9N13O12. The molecule has 3 amide bonds. The summed E-state index contributed by atoms with van der Waals surface area (Å²) in [5.74, 6) is -6.65. The second-order valence-electron chi connectivity index (χ2n) is 27.7. The van der Waals surface area contributed by atoms with Gasteiger partial charge in [-0.3, -0.25) is 29.2 Å². The lowest BCUT2D eigenvalue weighted by molar-refractivity contribution is -0.193. The SMILES string of the molecule is CN1CCC[C@H]1COc1nc(N2CC3CCC(C(N)=O)(C2)N3C(=O)OC(C)(C)C)c2cnc(-c3cc(O)cc4ccccc34)c(F)c2n1.CN1CCC[C@H]1COc1nc(N2CC3CCC(C(N)=O)(C3)C2)c2cnc(-c3cc(O)cc4ccccc34)c(F)c2n1.F.O=C(O)C(F)(F)F.O=C(O)C(F)(F)F. The molecule has 4 unspecified atom stereocenters. The molecular weight excluding hydrogens is 1390 g/mol. The van der Waals surface area contributed by atoms with Crippen LogP contribution in [-0.2, 0) is 23.9 Å². The Labute approximate surface area is 588 Å². The molecule has 5 aliphatic heterocycles. The zero-order chi connectivity index (χ0) is 74.4. The van der Waals surface area contributed by atoms with Crippen LogP contribution in [0, 0.1) is 23.0 Å². The number of ether oxygens (including phenoxy) is 3. The quantitative estimate of drug-likeness (QED) is 0.0619. The van der Waals surface area contributed by atoms with Crippen molar-refractivity contribution in [3.63, 3.8) is 0 Å². The Balaban J connectivity index is 0.000000188. The van der Waals surface area contributed by atoms with E-state index < -0.39 is 70.5 Å². The smallest absolute Gasteiger partial charge is 0.490 e. The largest absolute Gasteiger partial charge is 0.508 e. The average molecular weight is 1460 g/mol. The van der Waals surface area contributed by atoms with E-state index >= 15 is 8.78 Å². The molecule has 6 aliphatic rings. The van der Waals surface area contributed by atoms with E-state index in [4.69, 9.17) is 55.4 Å². The van der Waals surface area contributed by atoms with Crippen molar-refractivity contribution < 1.29 is 98.4 Å². The number of carboxylic acid groups (broad SMARTS) is 2. The number of piperidine rings is 1. The zero-order valence-electron chi connectivity index (χ0n) is 57.0. The van der Waals surface area contributed by atoms with Crippen LogP contribution >= 0.6 is 0 Å². The van der Waals surface area contributed by atoms with Crippen molar-refractivity contribution in [2.45, 2.75) is 120 Å². The monoisotopic (exact) mass is 1460 g/mol. The third-order valence-electron chi connectivity index (χ3n) is 19.6. The number of piperazine rings is 1. The van der Waals surface area contributed by atoms with Gasteiger partial charge in [0.1, 0.15) is 69.9 Å². The summed E-state index contributed by atoms with van der Waals surface area (Å²) in [6, 6.07) is 21.2. The number of rotatable bonds is 12. The maximum Gasteiger partial charge on any atom is 0.490 e. The van der Waals surface area contributed by atoms with Gasteiger partial charge in [0.25, 0.3) is 0 Å². The number of nitrogens with two attached hydrogens (primary N) is 2. The number of anilines is 2. The van der Waals surface area contributed by atoms with Crippen LogP contribution in [0.25, 0.3) is 65.9 Å². The molecule has 4 aromatic heterocycles. The molecule has 34 heteroatoms. The number of hydrogen-bond acceptors (Lipinski definition) is 20. The summed E-state index contributed by atoms with van der Waals surface area (Å²) >= 11 is 0. The fourth-order valence-electron chi connectivity index (χ4n) is 14.6. The van der Waals surface area contributed by atoms with Gasteiger partial charge in [0.15, 0.2) is 11.6 Å². The van der Waals surface area contributed by atoms with E-state index in [1.54, 1.807) is 39.1 Å². The Bertz CT molecular complexity index is 4590. The van der Waals surface area contributed by atoms with Crippen molar-refractivity contribution >= 4 is 84.8 Å². The van der Waals surface area contributed by atoms with Crippen molar-refractivity contribution in [3.8, 4) is 46.0 Å².